The van der Waals surface area contributed by atoms with Crippen molar-refractivity contribution in [1.29, 1.82) is 0 Å². The normalized spacial score (nSPS) is 18.2. The van der Waals surface area contributed by atoms with Crippen LogP contribution in [0.15, 0.2) is 36.7 Å². The Morgan fingerprint density at radius 3 is 2.89 bits per heavy atom. The van der Waals surface area contributed by atoms with Gasteiger partial charge in [-0.05, 0) is 29.7 Å². The van der Waals surface area contributed by atoms with Crippen LogP contribution in [0.25, 0.3) is 0 Å². The van der Waals surface area contributed by atoms with Crippen LogP contribution in [0.3, 0.4) is 0 Å². The third-order valence-corrected chi connectivity index (χ3v) is 5.28. The van der Waals surface area contributed by atoms with E-state index in [0.29, 0.717) is 25.5 Å². The molecule has 7 nitrogen and oxygen atoms in total. The molecule has 0 bridgehead atoms. The molecule has 27 heavy (non-hydrogen) atoms. The molecule has 0 radical (unpaired) electrons. The van der Waals surface area contributed by atoms with Crippen molar-refractivity contribution in [2.45, 2.75) is 12.5 Å². The number of ether oxygens (including phenoxy) is 1. The van der Waals surface area contributed by atoms with Gasteiger partial charge in [0.25, 0.3) is 5.91 Å². The van der Waals surface area contributed by atoms with Crippen LogP contribution in [0.5, 0.6) is 0 Å². The molecule has 0 spiro atoms. The van der Waals surface area contributed by atoms with Crippen molar-refractivity contribution in [1.82, 2.24) is 20.2 Å². The van der Waals surface area contributed by atoms with E-state index in [1.54, 1.807) is 6.20 Å². The maximum Gasteiger partial charge on any atom is 0.270 e. The second kappa shape index (κ2) is 8.02. The van der Waals surface area contributed by atoms with Crippen molar-refractivity contribution in [3.8, 4) is 0 Å². The van der Waals surface area contributed by atoms with Crippen LogP contribution in [-0.4, -0.2) is 67.2 Å². The minimum absolute atomic E-state index is 0.0728. The summed E-state index contributed by atoms with van der Waals surface area (Å²) in [5.74, 6) is 0.778. The fourth-order valence-electron chi connectivity index (χ4n) is 3.72. The molecular weight excluding hydrogens is 342 g/mol. The molecule has 4 heterocycles. The van der Waals surface area contributed by atoms with Gasteiger partial charge in [-0.3, -0.25) is 14.7 Å². The third kappa shape index (κ3) is 3.94. The van der Waals surface area contributed by atoms with Crippen LogP contribution >= 0.6 is 0 Å². The summed E-state index contributed by atoms with van der Waals surface area (Å²) in [6, 6.07) is 7.90. The summed E-state index contributed by atoms with van der Waals surface area (Å²) in [6.07, 6.45) is 4.62. The van der Waals surface area contributed by atoms with Gasteiger partial charge in [-0.25, -0.2) is 4.98 Å². The fraction of sp³-hybridized carbons (Fsp3) is 0.450. The molecule has 2 aromatic heterocycles. The van der Waals surface area contributed by atoms with Crippen LogP contribution in [0.4, 0.5) is 5.82 Å². The Morgan fingerprint density at radius 2 is 2.11 bits per heavy atom. The predicted octanol–water partition coefficient (Wildman–Crippen LogP) is 1.27. The molecule has 2 aliphatic heterocycles. The van der Waals surface area contributed by atoms with Crippen LogP contribution in [0, 0.1) is 0 Å². The molecule has 1 saturated heterocycles. The van der Waals surface area contributed by atoms with E-state index in [-0.39, 0.29) is 11.9 Å². The van der Waals surface area contributed by atoms with E-state index in [0.717, 1.165) is 37.4 Å². The first-order chi connectivity index (χ1) is 13.2. The highest BCUT2D eigenvalue weighted by Crippen LogP contribution is 2.24. The van der Waals surface area contributed by atoms with Crippen molar-refractivity contribution in [3.63, 3.8) is 0 Å². The first-order valence-electron chi connectivity index (χ1n) is 9.43. The number of hydrogen-bond donors (Lipinski definition) is 1. The van der Waals surface area contributed by atoms with Gasteiger partial charge in [0.2, 0.25) is 0 Å². The van der Waals surface area contributed by atoms with E-state index in [1.807, 2.05) is 31.4 Å². The van der Waals surface area contributed by atoms with Crippen molar-refractivity contribution < 1.29 is 9.53 Å². The smallest absolute Gasteiger partial charge is 0.270 e. The number of nitrogens with zero attached hydrogens (tertiary/aromatic N) is 4. The summed E-state index contributed by atoms with van der Waals surface area (Å²) in [6.45, 7) is 4.58. The lowest BCUT2D eigenvalue weighted by Crippen LogP contribution is -2.44. The molecule has 7 heteroatoms. The molecule has 1 amide bonds. The molecule has 1 unspecified atom stereocenters. The number of likely N-dealkylation sites (N-methyl/N-ethyl adjacent to an activating group) is 1. The molecule has 2 aromatic rings. The van der Waals surface area contributed by atoms with E-state index < -0.39 is 0 Å². The SMILES string of the molecule is CN1CCc2ccc(C(=O)NCC(c3cccnc3)N3CCOCC3)nc21. The Morgan fingerprint density at radius 1 is 1.26 bits per heavy atom. The number of rotatable bonds is 5. The second-order valence-corrected chi connectivity index (χ2v) is 7.01. The third-order valence-electron chi connectivity index (χ3n) is 5.28. The highest BCUT2D eigenvalue weighted by Gasteiger charge is 2.24. The number of fused-ring (bicyclic) bond motifs is 1. The van der Waals surface area contributed by atoms with Gasteiger partial charge in [0.05, 0.1) is 19.3 Å². The van der Waals surface area contributed by atoms with Crippen molar-refractivity contribution in [2.24, 2.45) is 0 Å². The van der Waals surface area contributed by atoms with Gasteiger partial charge in [-0.15, -0.1) is 0 Å². The molecule has 0 aromatic carbocycles. The first-order valence-corrected chi connectivity index (χ1v) is 9.43. The summed E-state index contributed by atoms with van der Waals surface area (Å²) in [5, 5.41) is 3.07. The molecule has 0 saturated carbocycles. The lowest BCUT2D eigenvalue weighted by molar-refractivity contribution is 0.0161. The highest BCUT2D eigenvalue weighted by atomic mass is 16.5. The average Bonchev–Trinajstić information content (AvgIpc) is 3.10. The fourth-order valence-corrected chi connectivity index (χ4v) is 3.72. The van der Waals surface area contributed by atoms with E-state index in [1.165, 1.54) is 5.56 Å². The number of amides is 1. The van der Waals surface area contributed by atoms with Crippen molar-refractivity contribution in [2.75, 3.05) is 51.3 Å². The molecule has 0 aliphatic carbocycles. The quantitative estimate of drug-likeness (QED) is 0.858. The highest BCUT2D eigenvalue weighted by molar-refractivity contribution is 5.92. The van der Waals surface area contributed by atoms with Crippen molar-refractivity contribution in [3.05, 3.63) is 53.5 Å². The Balaban J connectivity index is 1.47. The number of pyridine rings is 2. The standard InChI is InChI=1S/C20H25N5O2/c1-24-8-6-15-4-5-17(23-19(15)24)20(26)22-14-18(16-3-2-7-21-13-16)25-9-11-27-12-10-25/h2-5,7,13,18H,6,8-12,14H2,1H3,(H,22,26). The van der Waals surface area contributed by atoms with Crippen LogP contribution < -0.4 is 10.2 Å². The van der Waals surface area contributed by atoms with Gasteiger partial charge >= 0.3 is 0 Å². The Kier molecular flexibility index (Phi) is 5.31. The van der Waals surface area contributed by atoms with Gasteiger partial charge in [0, 0.05) is 45.6 Å². The van der Waals surface area contributed by atoms with E-state index in [4.69, 9.17) is 4.74 Å². The lowest BCUT2D eigenvalue weighted by Gasteiger charge is -2.34. The topological polar surface area (TPSA) is 70.6 Å². The number of carbonyl (C=O) groups excluding carboxylic acids is 1. The largest absolute Gasteiger partial charge is 0.379 e. The maximum absolute atomic E-state index is 12.7. The molecule has 1 fully saturated rings. The Hall–Kier alpha value is -2.51. The predicted molar refractivity (Wildman–Crippen MR) is 103 cm³/mol. The summed E-state index contributed by atoms with van der Waals surface area (Å²) in [7, 11) is 2.01. The molecule has 4 rings (SSSR count). The number of morpholine rings is 1. The van der Waals surface area contributed by atoms with E-state index in [2.05, 4.69) is 31.2 Å². The zero-order chi connectivity index (χ0) is 18.6. The minimum Gasteiger partial charge on any atom is -0.379 e. The number of hydrogen-bond acceptors (Lipinski definition) is 6. The van der Waals surface area contributed by atoms with Gasteiger partial charge in [-0.1, -0.05) is 12.1 Å². The molecule has 1 N–H and O–H groups in total. The van der Waals surface area contributed by atoms with E-state index >= 15 is 0 Å². The van der Waals surface area contributed by atoms with Crippen LogP contribution in [-0.2, 0) is 11.2 Å². The van der Waals surface area contributed by atoms with Gasteiger partial charge in [0.1, 0.15) is 11.5 Å². The van der Waals surface area contributed by atoms with Gasteiger partial charge in [-0.2, -0.15) is 0 Å². The maximum atomic E-state index is 12.7. The Labute approximate surface area is 159 Å². The zero-order valence-electron chi connectivity index (χ0n) is 15.6. The molecule has 142 valence electrons. The minimum atomic E-state index is -0.139. The number of carbonyl (C=O) groups is 1. The molecule has 1 atom stereocenters. The van der Waals surface area contributed by atoms with Crippen molar-refractivity contribution >= 4 is 11.7 Å². The second-order valence-electron chi connectivity index (χ2n) is 7.01. The summed E-state index contributed by atoms with van der Waals surface area (Å²) < 4.78 is 5.47. The first kappa shape index (κ1) is 17.9. The zero-order valence-corrected chi connectivity index (χ0v) is 15.6. The summed E-state index contributed by atoms with van der Waals surface area (Å²) >= 11 is 0. The monoisotopic (exact) mass is 367 g/mol. The summed E-state index contributed by atoms with van der Waals surface area (Å²) in [4.78, 5) is 26.0. The summed E-state index contributed by atoms with van der Waals surface area (Å²) in [5.41, 5.74) is 2.77. The van der Waals surface area contributed by atoms with Crippen LogP contribution in [0.1, 0.15) is 27.7 Å². The molecule has 2 aliphatic rings. The number of nitrogens with one attached hydrogen (secondary N) is 1. The van der Waals surface area contributed by atoms with Gasteiger partial charge < -0.3 is 15.0 Å². The number of anilines is 1. The Bertz CT molecular complexity index is 792. The number of aromatic nitrogens is 2. The van der Waals surface area contributed by atoms with E-state index in [9.17, 15) is 4.79 Å². The van der Waals surface area contributed by atoms with Gasteiger partial charge in [0.15, 0.2) is 0 Å². The average molecular weight is 367 g/mol. The molecular formula is C20H25N5O2. The lowest BCUT2D eigenvalue weighted by atomic mass is 10.1. The van der Waals surface area contributed by atoms with Crippen LogP contribution in [0.2, 0.25) is 0 Å².